The number of carbonyl (C=O) groups excluding carboxylic acids is 2. The summed E-state index contributed by atoms with van der Waals surface area (Å²) in [5.74, 6) is -0.112. The second-order valence-corrected chi connectivity index (χ2v) is 6.51. The summed E-state index contributed by atoms with van der Waals surface area (Å²) in [5, 5.41) is 5.80. The molecule has 0 fully saturated rings. The van der Waals surface area contributed by atoms with Crippen LogP contribution < -0.4 is 10.6 Å². The number of nitrogens with zero attached hydrogens (tertiary/aromatic N) is 1. The Balaban J connectivity index is 1.96. The fourth-order valence-corrected chi connectivity index (χ4v) is 3.16. The van der Waals surface area contributed by atoms with Gasteiger partial charge in [-0.3, -0.25) is 14.5 Å². The molecule has 2 rings (SSSR count). The molecule has 0 saturated heterocycles. The highest BCUT2D eigenvalue weighted by Crippen LogP contribution is 2.19. The van der Waals surface area contributed by atoms with Crippen LogP contribution in [-0.4, -0.2) is 36.3 Å². The molecule has 144 valence electrons. The highest BCUT2D eigenvalue weighted by Gasteiger charge is 2.18. The van der Waals surface area contributed by atoms with Crippen LogP contribution in [0.15, 0.2) is 54.6 Å². The monoisotopic (exact) mass is 367 g/mol. The number of nitrogens with one attached hydrogen (secondary N) is 2. The molecule has 0 aliphatic carbocycles. The van der Waals surface area contributed by atoms with E-state index in [1.807, 2.05) is 42.5 Å². The molecule has 5 heteroatoms. The van der Waals surface area contributed by atoms with Crippen LogP contribution >= 0.6 is 0 Å². The third-order valence-electron chi connectivity index (χ3n) is 4.57. The maximum atomic E-state index is 12.4. The van der Waals surface area contributed by atoms with E-state index in [4.69, 9.17) is 0 Å². The van der Waals surface area contributed by atoms with Crippen molar-refractivity contribution in [1.82, 2.24) is 10.2 Å². The molecule has 5 nitrogen and oxygen atoms in total. The van der Waals surface area contributed by atoms with E-state index < -0.39 is 0 Å². The Kier molecular flexibility index (Phi) is 8.01. The first-order valence-electron chi connectivity index (χ1n) is 9.45. The first kappa shape index (κ1) is 20.6. The van der Waals surface area contributed by atoms with Gasteiger partial charge < -0.3 is 10.6 Å². The zero-order valence-electron chi connectivity index (χ0n) is 16.4. The summed E-state index contributed by atoms with van der Waals surface area (Å²) >= 11 is 0. The van der Waals surface area contributed by atoms with E-state index in [-0.39, 0.29) is 17.9 Å². The lowest BCUT2D eigenvalue weighted by atomic mass is 10.0. The molecule has 0 aliphatic rings. The number of rotatable bonds is 9. The zero-order valence-corrected chi connectivity index (χ0v) is 16.4. The largest absolute Gasteiger partial charge is 0.354 e. The lowest BCUT2D eigenvalue weighted by Gasteiger charge is -2.30. The lowest BCUT2D eigenvalue weighted by Crippen LogP contribution is -2.38. The third-order valence-corrected chi connectivity index (χ3v) is 4.57. The summed E-state index contributed by atoms with van der Waals surface area (Å²) in [6.07, 6.45) is 0.320. The molecule has 0 spiro atoms. The maximum Gasteiger partial charge on any atom is 0.224 e. The minimum atomic E-state index is -0.108. The molecule has 27 heavy (non-hydrogen) atoms. The quantitative estimate of drug-likeness (QED) is 0.714. The Morgan fingerprint density at radius 3 is 2.15 bits per heavy atom. The van der Waals surface area contributed by atoms with Gasteiger partial charge in [-0.05, 0) is 36.3 Å². The van der Waals surface area contributed by atoms with Gasteiger partial charge >= 0.3 is 0 Å². The van der Waals surface area contributed by atoms with Crippen LogP contribution in [0.25, 0.3) is 0 Å². The highest BCUT2D eigenvalue weighted by molar-refractivity contribution is 5.88. The molecule has 2 aromatic carbocycles. The van der Waals surface area contributed by atoms with Crippen molar-refractivity contribution in [2.24, 2.45) is 0 Å². The van der Waals surface area contributed by atoms with Crippen molar-refractivity contribution < 1.29 is 9.59 Å². The number of hydrogen-bond acceptors (Lipinski definition) is 3. The summed E-state index contributed by atoms with van der Waals surface area (Å²) in [4.78, 5) is 25.8. The van der Waals surface area contributed by atoms with Crippen molar-refractivity contribution in [1.29, 1.82) is 0 Å². The Morgan fingerprint density at radius 1 is 0.963 bits per heavy atom. The van der Waals surface area contributed by atoms with E-state index in [0.29, 0.717) is 13.0 Å². The topological polar surface area (TPSA) is 61.4 Å². The van der Waals surface area contributed by atoms with E-state index in [1.165, 1.54) is 12.5 Å². The van der Waals surface area contributed by atoms with Gasteiger partial charge in [0.2, 0.25) is 11.8 Å². The zero-order chi connectivity index (χ0) is 19.6. The minimum absolute atomic E-state index is 0.00429. The van der Waals surface area contributed by atoms with Gasteiger partial charge in [-0.25, -0.2) is 0 Å². The number of carbonyl (C=O) groups is 2. The summed E-state index contributed by atoms with van der Waals surface area (Å²) in [5.41, 5.74) is 2.86. The summed E-state index contributed by atoms with van der Waals surface area (Å²) in [6, 6.07) is 17.8. The molecule has 2 aromatic rings. The van der Waals surface area contributed by atoms with Gasteiger partial charge in [0, 0.05) is 19.2 Å². The molecule has 0 radical (unpaired) electrons. The van der Waals surface area contributed by atoms with Gasteiger partial charge in [-0.1, -0.05) is 56.3 Å². The predicted octanol–water partition coefficient (Wildman–Crippen LogP) is 3.39. The van der Waals surface area contributed by atoms with Crippen molar-refractivity contribution in [3.63, 3.8) is 0 Å². The van der Waals surface area contributed by atoms with Gasteiger partial charge in [0.25, 0.3) is 0 Å². The smallest absolute Gasteiger partial charge is 0.224 e. The first-order chi connectivity index (χ1) is 13.0. The Bertz CT molecular complexity index is 725. The molecule has 1 atom stereocenters. The Labute approximate surface area is 161 Å². The van der Waals surface area contributed by atoms with E-state index in [9.17, 15) is 9.59 Å². The van der Waals surface area contributed by atoms with Crippen molar-refractivity contribution in [3.8, 4) is 0 Å². The Hall–Kier alpha value is -2.66. The van der Waals surface area contributed by atoms with Gasteiger partial charge in [-0.15, -0.1) is 0 Å². The molecular weight excluding hydrogens is 338 g/mol. The van der Waals surface area contributed by atoms with Crippen molar-refractivity contribution in [3.05, 3.63) is 65.7 Å². The number of hydrogen-bond donors (Lipinski definition) is 2. The molecule has 0 bridgehead atoms. The van der Waals surface area contributed by atoms with Gasteiger partial charge in [-0.2, -0.15) is 0 Å². The number of benzene rings is 2. The van der Waals surface area contributed by atoms with E-state index in [1.54, 1.807) is 0 Å². The average molecular weight is 367 g/mol. The van der Waals surface area contributed by atoms with E-state index >= 15 is 0 Å². The van der Waals surface area contributed by atoms with Crippen LogP contribution in [0.1, 0.15) is 37.9 Å². The molecule has 0 heterocycles. The van der Waals surface area contributed by atoms with Crippen LogP contribution in [0.4, 0.5) is 5.69 Å². The molecular formula is C22H29N3O2. The maximum absolute atomic E-state index is 12.4. The SMILES string of the molecule is CCN(CC)C(CNC(=O)Cc1ccc(NC(C)=O)cc1)c1ccccc1. The van der Waals surface area contributed by atoms with Gasteiger partial charge in [0.15, 0.2) is 0 Å². The summed E-state index contributed by atoms with van der Waals surface area (Å²) in [7, 11) is 0. The minimum Gasteiger partial charge on any atom is -0.354 e. The standard InChI is InChI=1S/C22H29N3O2/c1-4-25(5-2)21(19-9-7-6-8-10-19)16-23-22(27)15-18-11-13-20(14-12-18)24-17(3)26/h6-14,21H,4-5,15-16H2,1-3H3,(H,23,27)(H,24,26). The van der Waals surface area contributed by atoms with Crippen LogP contribution in [0.5, 0.6) is 0 Å². The first-order valence-corrected chi connectivity index (χ1v) is 9.45. The van der Waals surface area contributed by atoms with Crippen LogP contribution in [0, 0.1) is 0 Å². The molecule has 1 unspecified atom stereocenters. The van der Waals surface area contributed by atoms with Gasteiger partial charge in [0.05, 0.1) is 12.5 Å². The molecule has 2 amide bonds. The second kappa shape index (κ2) is 10.5. The van der Waals surface area contributed by atoms with Crippen molar-refractivity contribution >= 4 is 17.5 Å². The molecule has 0 aromatic heterocycles. The predicted molar refractivity (Wildman–Crippen MR) is 110 cm³/mol. The molecule has 0 saturated carbocycles. The van der Waals surface area contributed by atoms with Crippen molar-refractivity contribution in [2.75, 3.05) is 25.0 Å². The summed E-state index contributed by atoms with van der Waals surface area (Å²) < 4.78 is 0. The number of anilines is 1. The Morgan fingerprint density at radius 2 is 1.59 bits per heavy atom. The average Bonchev–Trinajstić information content (AvgIpc) is 2.67. The van der Waals surface area contributed by atoms with Crippen LogP contribution in [-0.2, 0) is 16.0 Å². The fourth-order valence-electron chi connectivity index (χ4n) is 3.16. The lowest BCUT2D eigenvalue weighted by molar-refractivity contribution is -0.120. The van der Waals surface area contributed by atoms with Crippen molar-refractivity contribution in [2.45, 2.75) is 33.2 Å². The van der Waals surface area contributed by atoms with Gasteiger partial charge in [0.1, 0.15) is 0 Å². The highest BCUT2D eigenvalue weighted by atomic mass is 16.2. The third kappa shape index (κ3) is 6.53. The number of amides is 2. The fraction of sp³-hybridized carbons (Fsp3) is 0.364. The molecule has 2 N–H and O–H groups in total. The summed E-state index contributed by atoms with van der Waals surface area (Å²) in [6.45, 7) is 8.18. The molecule has 0 aliphatic heterocycles. The number of likely N-dealkylation sites (N-methyl/N-ethyl adjacent to an activating group) is 1. The van der Waals surface area contributed by atoms with Crippen LogP contribution in [0.2, 0.25) is 0 Å². The van der Waals surface area contributed by atoms with E-state index in [2.05, 4.69) is 41.5 Å². The normalized spacial score (nSPS) is 11.9. The van der Waals surface area contributed by atoms with Crippen LogP contribution in [0.3, 0.4) is 0 Å². The van der Waals surface area contributed by atoms with E-state index in [0.717, 1.165) is 24.3 Å². The second-order valence-electron chi connectivity index (χ2n) is 6.51.